The minimum atomic E-state index is -1.55. The van der Waals surface area contributed by atoms with Gasteiger partial charge in [-0.3, -0.25) is 0 Å². The smallest absolute Gasteiger partial charge is 0.190 e. The van der Waals surface area contributed by atoms with E-state index in [4.69, 9.17) is 11.6 Å². The number of hydrogen-bond donors (Lipinski definition) is 1. The third-order valence-electron chi connectivity index (χ3n) is 2.88. The first-order valence-corrected chi connectivity index (χ1v) is 7.09. The number of halogens is 2. The van der Waals surface area contributed by atoms with E-state index in [1.165, 1.54) is 12.8 Å². The molecule has 0 heterocycles. The normalized spacial score (nSPS) is 13.5. The van der Waals surface area contributed by atoms with Crippen molar-refractivity contribution in [1.82, 2.24) is 0 Å². The third kappa shape index (κ3) is 6.09. The Morgan fingerprint density at radius 2 is 1.89 bits per heavy atom. The van der Waals surface area contributed by atoms with E-state index in [-0.39, 0.29) is 0 Å². The van der Waals surface area contributed by atoms with Gasteiger partial charge in [-0.25, -0.2) is 4.39 Å². The molecular weight excluding hydrogens is 263 g/mol. The van der Waals surface area contributed by atoms with Crippen molar-refractivity contribution in [1.29, 1.82) is 0 Å². The minimum Gasteiger partial charge on any atom is -0.384 e. The molecule has 1 aromatic rings. The number of alkyl halides is 1. The maximum atomic E-state index is 13.7. The fourth-order valence-corrected chi connectivity index (χ4v) is 1.84. The summed E-state index contributed by atoms with van der Waals surface area (Å²) in [5.41, 5.74) is 0.497. The first-order valence-electron chi connectivity index (χ1n) is 6.71. The zero-order valence-electron chi connectivity index (χ0n) is 11.2. The van der Waals surface area contributed by atoms with Gasteiger partial charge in [0.05, 0.1) is 0 Å². The number of aliphatic hydroxyl groups is 1. The van der Waals surface area contributed by atoms with Gasteiger partial charge in [0.25, 0.3) is 0 Å². The Morgan fingerprint density at radius 1 is 1.21 bits per heavy atom. The molecule has 0 amide bonds. The number of aliphatic hydroxyl groups excluding tert-OH is 1. The lowest BCUT2D eigenvalue weighted by atomic mass is 10.1. The Morgan fingerprint density at radius 3 is 2.53 bits per heavy atom. The Hall–Kier alpha value is -1.04. The van der Waals surface area contributed by atoms with Gasteiger partial charge in [0.15, 0.2) is 6.17 Å². The van der Waals surface area contributed by atoms with E-state index in [2.05, 4.69) is 18.8 Å². The Balaban J connectivity index is 2.42. The molecule has 0 fully saturated rings. The van der Waals surface area contributed by atoms with Crippen molar-refractivity contribution in [2.45, 2.75) is 51.3 Å². The summed E-state index contributed by atoms with van der Waals surface area (Å²) in [6, 6.07) is 6.49. The van der Waals surface area contributed by atoms with Crippen LogP contribution < -0.4 is 0 Å². The van der Waals surface area contributed by atoms with Crippen molar-refractivity contribution in [2.24, 2.45) is 0 Å². The van der Waals surface area contributed by atoms with Crippen LogP contribution in [0.4, 0.5) is 4.39 Å². The second-order valence-corrected chi connectivity index (χ2v) is 4.97. The number of unbranched alkanes of at least 4 members (excludes halogenated alkanes) is 4. The molecule has 0 spiro atoms. The van der Waals surface area contributed by atoms with Gasteiger partial charge in [-0.2, -0.15) is 0 Å². The Kier molecular flexibility index (Phi) is 7.55. The average molecular weight is 283 g/mol. The fourth-order valence-electron chi connectivity index (χ4n) is 1.72. The van der Waals surface area contributed by atoms with Crippen molar-refractivity contribution < 1.29 is 9.50 Å². The van der Waals surface area contributed by atoms with Crippen molar-refractivity contribution in [3.63, 3.8) is 0 Å². The van der Waals surface area contributed by atoms with Crippen LogP contribution in [0, 0.1) is 11.8 Å². The molecule has 1 aromatic carbocycles. The summed E-state index contributed by atoms with van der Waals surface area (Å²) >= 11 is 5.74. The molecule has 0 aliphatic heterocycles. The van der Waals surface area contributed by atoms with Gasteiger partial charge in [-0.05, 0) is 24.1 Å². The molecule has 0 bridgehead atoms. The number of rotatable bonds is 6. The molecule has 2 atom stereocenters. The minimum absolute atomic E-state index is 0.497. The first-order chi connectivity index (χ1) is 9.15. The second-order valence-electron chi connectivity index (χ2n) is 4.53. The van der Waals surface area contributed by atoms with Gasteiger partial charge < -0.3 is 5.11 Å². The molecule has 0 aliphatic rings. The maximum absolute atomic E-state index is 13.7. The lowest BCUT2D eigenvalue weighted by molar-refractivity contribution is 0.108. The van der Waals surface area contributed by atoms with Crippen molar-refractivity contribution in [3.05, 3.63) is 34.9 Å². The molecule has 3 heteroatoms. The number of benzene rings is 1. The average Bonchev–Trinajstić information content (AvgIpc) is 2.42. The van der Waals surface area contributed by atoms with Crippen LogP contribution in [0.2, 0.25) is 5.02 Å². The van der Waals surface area contributed by atoms with Crippen molar-refractivity contribution in [2.75, 3.05) is 0 Å². The van der Waals surface area contributed by atoms with Gasteiger partial charge in [-0.15, -0.1) is 5.92 Å². The van der Waals surface area contributed by atoms with Crippen molar-refractivity contribution in [3.8, 4) is 11.8 Å². The number of hydrogen-bond acceptors (Lipinski definition) is 1. The van der Waals surface area contributed by atoms with E-state index in [1.807, 2.05) is 0 Å². The van der Waals surface area contributed by atoms with E-state index in [9.17, 15) is 9.50 Å². The highest BCUT2D eigenvalue weighted by molar-refractivity contribution is 6.30. The lowest BCUT2D eigenvalue weighted by Gasteiger charge is -2.11. The molecule has 2 unspecified atom stereocenters. The van der Waals surface area contributed by atoms with Crippen LogP contribution in [0.5, 0.6) is 0 Å². The van der Waals surface area contributed by atoms with Gasteiger partial charge in [-0.1, -0.05) is 55.8 Å². The fraction of sp³-hybridized carbons (Fsp3) is 0.500. The van der Waals surface area contributed by atoms with Crippen LogP contribution in [0.1, 0.15) is 50.7 Å². The molecule has 0 radical (unpaired) electrons. The summed E-state index contributed by atoms with van der Waals surface area (Å²) < 4.78 is 13.7. The molecular formula is C16H20ClFO. The molecule has 0 aliphatic carbocycles. The predicted octanol–water partition coefficient (Wildman–Crippen LogP) is 4.69. The summed E-state index contributed by atoms with van der Waals surface area (Å²) in [4.78, 5) is 0. The first kappa shape index (κ1) is 16.0. The molecule has 0 saturated heterocycles. The van der Waals surface area contributed by atoms with Crippen LogP contribution in [0.25, 0.3) is 0 Å². The van der Waals surface area contributed by atoms with E-state index >= 15 is 0 Å². The second kappa shape index (κ2) is 8.96. The van der Waals surface area contributed by atoms with Crippen LogP contribution >= 0.6 is 11.6 Å². The zero-order chi connectivity index (χ0) is 14.1. The van der Waals surface area contributed by atoms with E-state index in [0.717, 1.165) is 12.8 Å². The van der Waals surface area contributed by atoms with Crippen LogP contribution in [0.15, 0.2) is 24.3 Å². The quantitative estimate of drug-likeness (QED) is 0.593. The van der Waals surface area contributed by atoms with Crippen LogP contribution in [0.3, 0.4) is 0 Å². The summed E-state index contributed by atoms with van der Waals surface area (Å²) in [5.74, 6) is 5.27. The summed E-state index contributed by atoms with van der Waals surface area (Å²) in [6.45, 7) is 2.14. The van der Waals surface area contributed by atoms with Crippen molar-refractivity contribution >= 4 is 11.6 Å². The van der Waals surface area contributed by atoms with Gasteiger partial charge >= 0.3 is 0 Å². The van der Waals surface area contributed by atoms with E-state index in [0.29, 0.717) is 17.0 Å². The van der Waals surface area contributed by atoms with Crippen LogP contribution in [-0.4, -0.2) is 11.3 Å². The van der Waals surface area contributed by atoms with Crippen LogP contribution in [-0.2, 0) is 0 Å². The third-order valence-corrected chi connectivity index (χ3v) is 3.14. The predicted molar refractivity (Wildman–Crippen MR) is 77.8 cm³/mol. The largest absolute Gasteiger partial charge is 0.384 e. The standard InChI is InChI=1S/C16H20ClFO/c1-2-3-4-5-6-7-8-15(18)16(19)13-9-11-14(17)12-10-13/h9-12,15-16,19H,2-6H2,1H3. The summed E-state index contributed by atoms with van der Waals surface area (Å²) in [6.07, 6.45) is 2.41. The van der Waals surface area contributed by atoms with Gasteiger partial charge in [0, 0.05) is 11.4 Å². The Labute approximate surface area is 119 Å². The Bertz CT molecular complexity index is 419. The molecule has 0 saturated carbocycles. The molecule has 1 N–H and O–H groups in total. The maximum Gasteiger partial charge on any atom is 0.190 e. The van der Waals surface area contributed by atoms with Gasteiger partial charge in [0.2, 0.25) is 0 Å². The SMILES string of the molecule is CCCCCCC#CC(F)C(O)c1ccc(Cl)cc1. The molecule has 104 valence electrons. The highest BCUT2D eigenvalue weighted by Crippen LogP contribution is 2.20. The molecule has 1 rings (SSSR count). The molecule has 0 aromatic heterocycles. The van der Waals surface area contributed by atoms with E-state index in [1.54, 1.807) is 24.3 Å². The van der Waals surface area contributed by atoms with E-state index < -0.39 is 12.3 Å². The molecule has 1 nitrogen and oxygen atoms in total. The zero-order valence-corrected chi connectivity index (χ0v) is 12.0. The monoisotopic (exact) mass is 282 g/mol. The highest BCUT2D eigenvalue weighted by Gasteiger charge is 2.17. The summed E-state index contributed by atoms with van der Waals surface area (Å²) in [5, 5.41) is 10.4. The summed E-state index contributed by atoms with van der Waals surface area (Å²) in [7, 11) is 0. The molecule has 19 heavy (non-hydrogen) atoms. The lowest BCUT2D eigenvalue weighted by Crippen LogP contribution is -2.11. The highest BCUT2D eigenvalue weighted by atomic mass is 35.5. The topological polar surface area (TPSA) is 20.2 Å². The van der Waals surface area contributed by atoms with Gasteiger partial charge in [0.1, 0.15) is 6.10 Å².